The molecule has 0 aliphatic carbocycles. The van der Waals surface area contributed by atoms with Crippen LogP contribution in [0.5, 0.6) is 0 Å². The van der Waals surface area contributed by atoms with Gasteiger partial charge < -0.3 is 36.3 Å². The minimum Gasteiger partial charge on any atom is -0.399 e. The van der Waals surface area contributed by atoms with Crippen LogP contribution in [0.3, 0.4) is 0 Å². The highest BCUT2D eigenvalue weighted by Crippen LogP contribution is 2.29. The first kappa shape index (κ1) is 47.6. The molecular weight excluding hydrogens is 759 g/mol. The molecule has 2 saturated heterocycles. The van der Waals surface area contributed by atoms with Crippen LogP contribution in [0, 0.1) is 22.7 Å². The number of rotatable bonds is 13. The number of benzene rings is 1. The fourth-order valence-electron chi connectivity index (χ4n) is 7.05. The lowest BCUT2D eigenvalue weighted by atomic mass is 9.83. The number of nitrogens with one attached hydrogen (secondary N) is 5. The van der Waals surface area contributed by atoms with E-state index in [1.165, 1.54) is 24.9 Å². The van der Waals surface area contributed by atoms with Crippen LogP contribution in [0.25, 0.3) is 0 Å². The van der Waals surface area contributed by atoms with Crippen LogP contribution in [0.15, 0.2) is 57.1 Å². The normalized spacial score (nSPS) is 24.1. The van der Waals surface area contributed by atoms with Gasteiger partial charge in [0.1, 0.15) is 37.1 Å². The number of hydrogen-bond donors (Lipinski definition) is 6. The molecule has 3 unspecified atom stereocenters. The van der Waals surface area contributed by atoms with Gasteiger partial charge in [-0.15, -0.1) is 12.6 Å². The second-order valence-corrected chi connectivity index (χ2v) is 17.9. The summed E-state index contributed by atoms with van der Waals surface area (Å²) in [5.41, 5.74) is -0.675. The van der Waals surface area contributed by atoms with Crippen molar-refractivity contribution in [3.63, 3.8) is 0 Å². The number of fused-ring (bicyclic) bond motifs is 1. The largest absolute Gasteiger partial charge is 0.399 e. The van der Waals surface area contributed by atoms with Crippen molar-refractivity contribution in [3.8, 4) is 0 Å². The number of nitrogens with zero attached hydrogens (tertiary/aromatic N) is 4. The molecule has 2 heterocycles. The third kappa shape index (κ3) is 13.1. The molecule has 3 rings (SSSR count). The van der Waals surface area contributed by atoms with E-state index in [2.05, 4.69) is 49.4 Å². The number of oxime groups is 1. The fraction of sp³-hybridized carbons (Fsp3) is 0.619. The number of thiol groups is 1. The average molecular weight is 824 g/mol. The summed E-state index contributed by atoms with van der Waals surface area (Å²) in [6.45, 7) is 19.0. The smallest absolute Gasteiger partial charge is 0.246 e. The van der Waals surface area contributed by atoms with E-state index in [-0.39, 0.29) is 42.5 Å². The summed E-state index contributed by atoms with van der Waals surface area (Å²) in [4.78, 5) is 86.2. The fourth-order valence-corrected chi connectivity index (χ4v) is 7.13. The SMILES string of the molecule is CO/N=C/C[C@H](/C=N/C=C\S)NC(=O)C(NC(=O)C(/N=C1\NCC(=O)N2CC[C@@H](C)[C@H]2C(=O)N[C@@H](C(C)C)C(=O)NC1C(C)(C)C)C(C)(C)C)[C@@H](C)c1ccccc1. The van der Waals surface area contributed by atoms with Gasteiger partial charge in [0.25, 0.3) is 0 Å². The topological polar surface area (TPSA) is 195 Å². The molecule has 1 aromatic carbocycles. The second-order valence-electron chi connectivity index (χ2n) is 17.6. The van der Waals surface area contributed by atoms with Crippen molar-refractivity contribution < 1.29 is 28.8 Å². The molecular formula is C42H65N9O6S. The Bertz CT molecular complexity index is 1700. The molecule has 2 aliphatic heterocycles. The van der Waals surface area contributed by atoms with Crippen molar-refractivity contribution in [2.75, 3.05) is 20.2 Å². The van der Waals surface area contributed by atoms with Crippen molar-refractivity contribution in [2.45, 2.75) is 124 Å². The Balaban J connectivity index is 2.14. The van der Waals surface area contributed by atoms with Gasteiger partial charge in [0.15, 0.2) is 0 Å². The summed E-state index contributed by atoms with van der Waals surface area (Å²) in [5.74, 6) is -2.73. The number of hydrogen-bond acceptors (Lipinski definition) is 10. The van der Waals surface area contributed by atoms with E-state index in [4.69, 9.17) is 9.83 Å². The quantitative estimate of drug-likeness (QED) is 0.0994. The van der Waals surface area contributed by atoms with Crippen molar-refractivity contribution in [1.29, 1.82) is 0 Å². The van der Waals surface area contributed by atoms with Crippen LogP contribution in [0.1, 0.15) is 93.6 Å². The Morgan fingerprint density at radius 1 is 1.00 bits per heavy atom. The highest BCUT2D eigenvalue weighted by atomic mass is 32.1. The molecule has 0 saturated carbocycles. The van der Waals surface area contributed by atoms with E-state index in [0.29, 0.717) is 13.0 Å². The summed E-state index contributed by atoms with van der Waals surface area (Å²) < 4.78 is 0. The molecule has 5 amide bonds. The third-order valence-corrected chi connectivity index (χ3v) is 10.5. The predicted octanol–water partition coefficient (Wildman–Crippen LogP) is 3.58. The Morgan fingerprint density at radius 3 is 2.26 bits per heavy atom. The highest BCUT2D eigenvalue weighted by molar-refractivity contribution is 7.83. The molecule has 0 radical (unpaired) electrons. The summed E-state index contributed by atoms with van der Waals surface area (Å²) in [6.07, 6.45) is 5.41. The summed E-state index contributed by atoms with van der Waals surface area (Å²) in [5, 5.41) is 20.5. The first-order chi connectivity index (χ1) is 27.2. The van der Waals surface area contributed by atoms with E-state index in [9.17, 15) is 24.0 Å². The minimum absolute atomic E-state index is 0.110. The van der Waals surface area contributed by atoms with Crippen LogP contribution >= 0.6 is 12.6 Å². The van der Waals surface area contributed by atoms with Crippen molar-refractivity contribution in [3.05, 3.63) is 47.5 Å². The van der Waals surface area contributed by atoms with Crippen LogP contribution in [0.2, 0.25) is 0 Å². The monoisotopic (exact) mass is 823 g/mol. The maximum Gasteiger partial charge on any atom is 0.246 e. The van der Waals surface area contributed by atoms with Crippen molar-refractivity contribution in [1.82, 2.24) is 31.5 Å². The summed E-state index contributed by atoms with van der Waals surface area (Å²) in [6, 6.07) is 4.15. The molecule has 0 bridgehead atoms. The van der Waals surface area contributed by atoms with E-state index in [1.54, 1.807) is 11.1 Å². The van der Waals surface area contributed by atoms with E-state index in [1.807, 2.05) is 99.6 Å². The molecule has 8 atom stereocenters. The third-order valence-electron chi connectivity index (χ3n) is 10.4. The first-order valence-electron chi connectivity index (χ1n) is 20.0. The lowest BCUT2D eigenvalue weighted by molar-refractivity contribution is -0.140. The van der Waals surface area contributed by atoms with Crippen LogP contribution in [0.4, 0.5) is 0 Å². The van der Waals surface area contributed by atoms with Gasteiger partial charge in [-0.25, -0.2) is 0 Å². The number of carbonyl (C=O) groups is 5. The number of aliphatic imine (C=N–C) groups is 2. The predicted molar refractivity (Wildman–Crippen MR) is 232 cm³/mol. The summed E-state index contributed by atoms with van der Waals surface area (Å²) >= 11 is 4.05. The number of carbonyl (C=O) groups excluding carboxylic acids is 5. The van der Waals surface area contributed by atoms with E-state index >= 15 is 0 Å². The Hall–Kier alpha value is -4.73. The van der Waals surface area contributed by atoms with E-state index < -0.39 is 70.7 Å². The number of amides is 5. The zero-order valence-electron chi connectivity index (χ0n) is 35.9. The standard InChI is InChI=1S/C42H65N9O6S/c1-25(2)31-37(53)50-34(41(5,6)7)36(44-24-30(52)51-21-18-26(3)33(51)39(55)47-31)49-35(42(8,9)10)40(56)48-32(27(4)28-15-13-12-14-16-28)38(54)46-29(17-19-45-57-11)23-43-20-22-58/h12-16,19-20,22-23,25-27,29,31-35,58H,17-18,21,24H2,1-11H3,(H,44,49)(H,46,54)(H,47,55)(H,48,56)(H,50,53)/b22-20-,43-23+,45-19+/t26-,27+,29-,31+,32?,33+,34?,35?/m1/s1. The summed E-state index contributed by atoms with van der Waals surface area (Å²) in [7, 11) is 1.42. The number of amidine groups is 1. The first-order valence-corrected chi connectivity index (χ1v) is 20.5. The van der Waals surface area contributed by atoms with Gasteiger partial charge >= 0.3 is 0 Å². The lowest BCUT2D eigenvalue weighted by Crippen LogP contribution is -2.63. The molecule has 58 heavy (non-hydrogen) atoms. The Kier molecular flexibility index (Phi) is 17.5. The molecule has 2 fully saturated rings. The molecule has 2 aliphatic rings. The highest BCUT2D eigenvalue weighted by Gasteiger charge is 2.44. The average Bonchev–Trinajstić information content (AvgIpc) is 3.54. The molecule has 16 heteroatoms. The molecule has 1 aromatic rings. The van der Waals surface area contributed by atoms with Gasteiger partial charge in [-0.1, -0.05) is 105 Å². The Labute approximate surface area is 349 Å². The van der Waals surface area contributed by atoms with Crippen molar-refractivity contribution in [2.24, 2.45) is 37.8 Å². The minimum atomic E-state index is -1.11. The molecule has 5 N–H and O–H groups in total. The van der Waals surface area contributed by atoms with Gasteiger partial charge in [0.2, 0.25) is 29.5 Å². The van der Waals surface area contributed by atoms with E-state index in [0.717, 1.165) is 5.56 Å². The van der Waals surface area contributed by atoms with Gasteiger partial charge in [-0.2, -0.15) is 0 Å². The van der Waals surface area contributed by atoms with Crippen LogP contribution in [-0.2, 0) is 28.8 Å². The molecule has 320 valence electrons. The van der Waals surface area contributed by atoms with Crippen molar-refractivity contribution >= 4 is 60.4 Å². The second kappa shape index (κ2) is 21.3. The zero-order valence-corrected chi connectivity index (χ0v) is 36.8. The maximum atomic E-state index is 14.7. The molecule has 0 spiro atoms. The Morgan fingerprint density at radius 2 is 1.67 bits per heavy atom. The van der Waals surface area contributed by atoms with Gasteiger partial charge in [0, 0.05) is 37.5 Å². The van der Waals surface area contributed by atoms with Gasteiger partial charge in [0.05, 0.1) is 18.6 Å². The molecule has 15 nitrogen and oxygen atoms in total. The van der Waals surface area contributed by atoms with Gasteiger partial charge in [-0.05, 0) is 40.1 Å². The maximum absolute atomic E-state index is 14.7. The zero-order chi connectivity index (χ0) is 43.4. The van der Waals surface area contributed by atoms with Crippen LogP contribution < -0.4 is 26.6 Å². The lowest BCUT2D eigenvalue weighted by Gasteiger charge is -2.38. The molecule has 0 aromatic heterocycles. The van der Waals surface area contributed by atoms with Gasteiger partial charge in [-0.3, -0.25) is 34.0 Å². The van der Waals surface area contributed by atoms with Crippen LogP contribution in [-0.4, -0.2) is 109 Å².